The largest absolute Gasteiger partial charge is 0.386 e. The minimum Gasteiger partial charge on any atom is -0.386 e. The van der Waals surface area contributed by atoms with Crippen LogP contribution in [0.25, 0.3) is 10.8 Å². The van der Waals surface area contributed by atoms with Crippen LogP contribution < -0.4 is 5.32 Å². The third kappa shape index (κ3) is 2.70. The zero-order valence-corrected chi connectivity index (χ0v) is 11.8. The molecule has 0 bridgehead atoms. The molecule has 1 aliphatic heterocycles. The van der Waals surface area contributed by atoms with Crippen LogP contribution >= 0.6 is 0 Å². The Bertz CT molecular complexity index is 585. The highest BCUT2D eigenvalue weighted by Crippen LogP contribution is 2.25. The molecule has 2 aromatic carbocycles. The van der Waals surface area contributed by atoms with E-state index in [0.29, 0.717) is 26.2 Å². The first-order valence-electron chi connectivity index (χ1n) is 7.19. The van der Waals surface area contributed by atoms with Crippen LogP contribution in [0.3, 0.4) is 0 Å². The number of aliphatic hydroxyl groups is 1. The molecular weight excluding hydrogens is 250 g/mol. The summed E-state index contributed by atoms with van der Waals surface area (Å²) < 4.78 is 5.28. The Morgan fingerprint density at radius 3 is 2.85 bits per heavy atom. The van der Waals surface area contributed by atoms with Gasteiger partial charge in [-0.15, -0.1) is 0 Å². The highest BCUT2D eigenvalue weighted by atomic mass is 16.5. The third-order valence-corrected chi connectivity index (χ3v) is 4.11. The van der Waals surface area contributed by atoms with E-state index in [1.165, 1.54) is 16.3 Å². The Hall–Kier alpha value is -1.42. The van der Waals surface area contributed by atoms with Gasteiger partial charge in [0.1, 0.15) is 5.60 Å². The van der Waals surface area contributed by atoms with Crippen molar-refractivity contribution < 1.29 is 9.84 Å². The van der Waals surface area contributed by atoms with Gasteiger partial charge in [0.15, 0.2) is 0 Å². The zero-order chi connectivity index (χ0) is 14.0. The van der Waals surface area contributed by atoms with Crippen molar-refractivity contribution in [1.82, 2.24) is 5.32 Å². The summed E-state index contributed by atoms with van der Waals surface area (Å²) in [6.07, 6.45) is 0.711. The predicted molar refractivity (Wildman–Crippen MR) is 80.8 cm³/mol. The lowest BCUT2D eigenvalue weighted by Crippen LogP contribution is -2.41. The number of ether oxygens (including phenoxy) is 1. The summed E-state index contributed by atoms with van der Waals surface area (Å²) in [4.78, 5) is 0. The van der Waals surface area contributed by atoms with Crippen LogP contribution in [0.1, 0.15) is 24.9 Å². The molecule has 20 heavy (non-hydrogen) atoms. The maximum absolute atomic E-state index is 10.3. The minimum absolute atomic E-state index is 0.200. The van der Waals surface area contributed by atoms with E-state index in [4.69, 9.17) is 4.74 Å². The highest BCUT2D eigenvalue weighted by molar-refractivity contribution is 5.86. The monoisotopic (exact) mass is 271 g/mol. The van der Waals surface area contributed by atoms with Gasteiger partial charge >= 0.3 is 0 Å². The molecule has 0 saturated carbocycles. The average Bonchev–Trinajstić information content (AvgIpc) is 2.91. The summed E-state index contributed by atoms with van der Waals surface area (Å²) in [6, 6.07) is 15.0. The normalized spacial score (nSPS) is 24.1. The first-order chi connectivity index (χ1) is 9.68. The van der Waals surface area contributed by atoms with Crippen molar-refractivity contribution in [2.45, 2.75) is 25.0 Å². The molecule has 0 unspecified atom stereocenters. The maximum Gasteiger partial charge on any atom is 0.103 e. The standard InChI is InChI=1S/C17H21NO2/c1-13(18-11-17(19)9-10-20-12-17)15-8-4-6-14-5-2-3-7-16(14)15/h2-8,13,18-19H,9-12H2,1H3/t13-,17+/m1/s1. The van der Waals surface area contributed by atoms with Crippen molar-refractivity contribution in [3.05, 3.63) is 48.0 Å². The second-order valence-corrected chi connectivity index (χ2v) is 5.70. The summed E-state index contributed by atoms with van der Waals surface area (Å²) in [5.74, 6) is 0. The van der Waals surface area contributed by atoms with E-state index in [2.05, 4.69) is 54.7 Å². The van der Waals surface area contributed by atoms with Crippen molar-refractivity contribution in [2.75, 3.05) is 19.8 Å². The third-order valence-electron chi connectivity index (χ3n) is 4.11. The molecule has 1 fully saturated rings. The molecule has 3 heteroatoms. The van der Waals surface area contributed by atoms with E-state index in [0.717, 1.165) is 0 Å². The molecule has 2 N–H and O–H groups in total. The number of benzene rings is 2. The van der Waals surface area contributed by atoms with Gasteiger partial charge in [-0.2, -0.15) is 0 Å². The highest BCUT2D eigenvalue weighted by Gasteiger charge is 2.32. The Morgan fingerprint density at radius 2 is 2.05 bits per heavy atom. The van der Waals surface area contributed by atoms with Crippen LogP contribution in [0.15, 0.2) is 42.5 Å². The smallest absolute Gasteiger partial charge is 0.103 e. The van der Waals surface area contributed by atoms with Crippen molar-refractivity contribution in [1.29, 1.82) is 0 Å². The number of hydrogen-bond acceptors (Lipinski definition) is 3. The topological polar surface area (TPSA) is 41.5 Å². The van der Waals surface area contributed by atoms with Gasteiger partial charge in [0.05, 0.1) is 6.61 Å². The fraction of sp³-hybridized carbons (Fsp3) is 0.412. The molecule has 3 nitrogen and oxygen atoms in total. The van der Waals surface area contributed by atoms with Gasteiger partial charge in [-0.1, -0.05) is 42.5 Å². The van der Waals surface area contributed by atoms with E-state index in [1.807, 2.05) is 0 Å². The lowest BCUT2D eigenvalue weighted by Gasteiger charge is -2.24. The second kappa shape index (κ2) is 5.52. The average molecular weight is 271 g/mol. The Morgan fingerprint density at radius 1 is 1.25 bits per heavy atom. The zero-order valence-electron chi connectivity index (χ0n) is 11.8. The maximum atomic E-state index is 10.3. The molecule has 1 aliphatic rings. The predicted octanol–water partition coefficient (Wildman–Crippen LogP) is 2.64. The number of rotatable bonds is 4. The van der Waals surface area contributed by atoms with Crippen molar-refractivity contribution in [3.8, 4) is 0 Å². The molecule has 106 valence electrons. The molecule has 0 aliphatic carbocycles. The summed E-state index contributed by atoms with van der Waals surface area (Å²) in [5, 5.41) is 16.3. The summed E-state index contributed by atoms with van der Waals surface area (Å²) in [5.41, 5.74) is 0.560. The SMILES string of the molecule is C[C@@H](NC[C@@]1(O)CCOC1)c1cccc2ccccc12. The Labute approximate surface area is 119 Å². The molecule has 0 radical (unpaired) electrons. The van der Waals surface area contributed by atoms with E-state index < -0.39 is 5.60 Å². The fourth-order valence-electron chi connectivity index (χ4n) is 2.82. The van der Waals surface area contributed by atoms with Gasteiger partial charge in [0.25, 0.3) is 0 Å². The molecule has 0 aromatic heterocycles. The van der Waals surface area contributed by atoms with Crippen molar-refractivity contribution >= 4 is 10.8 Å². The number of fused-ring (bicyclic) bond motifs is 1. The molecular formula is C17H21NO2. The van der Waals surface area contributed by atoms with Crippen molar-refractivity contribution in [2.24, 2.45) is 0 Å². The van der Waals surface area contributed by atoms with Crippen LogP contribution in [0, 0.1) is 0 Å². The van der Waals surface area contributed by atoms with Crippen LogP contribution in [0.5, 0.6) is 0 Å². The second-order valence-electron chi connectivity index (χ2n) is 5.70. The first kappa shape index (κ1) is 13.6. The van der Waals surface area contributed by atoms with Gasteiger partial charge in [0.2, 0.25) is 0 Å². The summed E-state index contributed by atoms with van der Waals surface area (Å²) >= 11 is 0. The van der Waals surface area contributed by atoms with E-state index in [1.54, 1.807) is 0 Å². The quantitative estimate of drug-likeness (QED) is 0.898. The molecule has 0 amide bonds. The number of hydrogen-bond donors (Lipinski definition) is 2. The Kier molecular flexibility index (Phi) is 3.74. The van der Waals surface area contributed by atoms with Crippen molar-refractivity contribution in [3.63, 3.8) is 0 Å². The minimum atomic E-state index is -0.709. The Balaban J connectivity index is 1.77. The first-order valence-corrected chi connectivity index (χ1v) is 7.19. The fourth-order valence-corrected chi connectivity index (χ4v) is 2.82. The van der Waals surface area contributed by atoms with Crippen LogP contribution in [0.2, 0.25) is 0 Å². The molecule has 2 atom stereocenters. The molecule has 2 aromatic rings. The molecule has 3 rings (SSSR count). The lowest BCUT2D eigenvalue weighted by atomic mass is 9.98. The van der Waals surface area contributed by atoms with Crippen LogP contribution in [-0.2, 0) is 4.74 Å². The summed E-state index contributed by atoms with van der Waals surface area (Å²) in [7, 11) is 0. The van der Waals surface area contributed by atoms with Gasteiger partial charge in [-0.3, -0.25) is 0 Å². The van der Waals surface area contributed by atoms with E-state index in [-0.39, 0.29) is 6.04 Å². The van der Waals surface area contributed by atoms with Gasteiger partial charge < -0.3 is 15.2 Å². The van der Waals surface area contributed by atoms with Gasteiger partial charge in [0, 0.05) is 25.6 Å². The van der Waals surface area contributed by atoms with E-state index in [9.17, 15) is 5.11 Å². The van der Waals surface area contributed by atoms with Gasteiger partial charge in [-0.05, 0) is 23.3 Å². The summed E-state index contributed by atoms with van der Waals surface area (Å²) in [6.45, 7) is 3.79. The van der Waals surface area contributed by atoms with Crippen LogP contribution in [0.4, 0.5) is 0 Å². The molecule has 1 saturated heterocycles. The lowest BCUT2D eigenvalue weighted by molar-refractivity contribution is 0.0252. The molecule has 0 spiro atoms. The van der Waals surface area contributed by atoms with Crippen LogP contribution in [-0.4, -0.2) is 30.5 Å². The van der Waals surface area contributed by atoms with E-state index >= 15 is 0 Å². The molecule has 1 heterocycles. The van der Waals surface area contributed by atoms with Gasteiger partial charge in [-0.25, -0.2) is 0 Å². The number of nitrogens with one attached hydrogen (secondary N) is 1.